The number of rotatable bonds is 10. The van der Waals surface area contributed by atoms with Gasteiger partial charge in [-0.1, -0.05) is 27.2 Å². The van der Waals surface area contributed by atoms with Gasteiger partial charge in [0.05, 0.1) is 11.7 Å². The Labute approximate surface area is 204 Å². The normalized spacial score (nSPS) is 32.8. The minimum absolute atomic E-state index is 0.00913. The van der Waals surface area contributed by atoms with E-state index < -0.39 is 55.2 Å². The summed E-state index contributed by atoms with van der Waals surface area (Å²) in [5.41, 5.74) is -0.660. The molecule has 0 bridgehead atoms. The Balaban J connectivity index is 1.80. The van der Waals surface area contributed by atoms with Gasteiger partial charge in [-0.15, -0.1) is 0 Å². The molecule has 194 valence electrons. The van der Waals surface area contributed by atoms with Crippen molar-refractivity contribution in [1.29, 1.82) is 0 Å². The van der Waals surface area contributed by atoms with Gasteiger partial charge < -0.3 is 35.6 Å². The second-order valence-electron chi connectivity index (χ2n) is 9.27. The zero-order valence-corrected chi connectivity index (χ0v) is 21.5. The molecule has 0 radical (unpaired) electrons. The summed E-state index contributed by atoms with van der Waals surface area (Å²) in [5.74, 6) is -0.528. The van der Waals surface area contributed by atoms with E-state index in [9.17, 15) is 29.2 Å². The van der Waals surface area contributed by atoms with E-state index in [4.69, 9.17) is 21.5 Å². The Bertz CT molecular complexity index is 898. The number of ether oxygens (including phenoxy) is 1. The average Bonchev–Trinajstić information content (AvgIpc) is 3.25. The van der Waals surface area contributed by atoms with Gasteiger partial charge in [0, 0.05) is 18.2 Å². The van der Waals surface area contributed by atoms with Gasteiger partial charge in [-0.25, -0.2) is 0 Å². The van der Waals surface area contributed by atoms with Gasteiger partial charge in [0.1, 0.15) is 18.4 Å². The first kappa shape index (κ1) is 27.5. The molecule has 3 aliphatic heterocycles. The van der Waals surface area contributed by atoms with Gasteiger partial charge in [-0.3, -0.25) is 14.0 Å². The number of nitrogens with one attached hydrogen (secondary N) is 2. The van der Waals surface area contributed by atoms with Crippen molar-refractivity contribution in [2.45, 2.75) is 101 Å². The lowest BCUT2D eigenvalue weighted by molar-refractivity contribution is -0.0798. The fraction of sp³-hybridized carbons (Fsp3) is 0.762. The highest BCUT2D eigenvalue weighted by Gasteiger charge is 2.53. The Hall–Kier alpha value is -1.11. The predicted molar refractivity (Wildman–Crippen MR) is 127 cm³/mol. The van der Waals surface area contributed by atoms with Crippen LogP contribution in [0.4, 0.5) is 4.39 Å². The van der Waals surface area contributed by atoms with Crippen molar-refractivity contribution in [3.8, 4) is 0 Å². The number of aliphatic hydroxyl groups excluding tert-OH is 2. The van der Waals surface area contributed by atoms with E-state index in [1.807, 2.05) is 0 Å². The molecule has 0 aromatic carbocycles. The third-order valence-corrected chi connectivity index (χ3v) is 9.23. The number of nitrogens with zero attached hydrogens (tertiary/aromatic N) is 1. The lowest BCUT2D eigenvalue weighted by Gasteiger charge is -2.40. The third kappa shape index (κ3) is 5.19. The van der Waals surface area contributed by atoms with E-state index >= 15 is 0 Å². The first-order chi connectivity index (χ1) is 15.8. The first-order valence-corrected chi connectivity index (χ1v) is 13.5. The molecule has 7 atom stereocenters. The molecule has 0 aromatic rings. The summed E-state index contributed by atoms with van der Waals surface area (Å²) >= 11 is 5.34. The maximum atomic E-state index is 13.6. The molecule has 1 fully saturated rings. The number of fused-ring (bicyclic) bond motifs is 1. The van der Waals surface area contributed by atoms with Crippen molar-refractivity contribution in [2.75, 3.05) is 0 Å². The van der Waals surface area contributed by atoms with Gasteiger partial charge >= 0.3 is 7.60 Å². The average molecular weight is 524 g/mol. The van der Waals surface area contributed by atoms with Crippen molar-refractivity contribution in [3.63, 3.8) is 0 Å². The molecule has 0 spiro atoms. The minimum atomic E-state index is -4.47. The summed E-state index contributed by atoms with van der Waals surface area (Å²) in [6, 6.07) is 0. The summed E-state index contributed by atoms with van der Waals surface area (Å²) in [6.07, 6.45) is -1.27. The molecule has 6 N–H and O–H groups in total. The molecule has 10 nitrogen and oxygen atoms in total. The highest BCUT2D eigenvalue weighted by molar-refractivity contribution is 7.80. The monoisotopic (exact) mass is 523 g/mol. The molecule has 0 aromatic heterocycles. The molecular weight excluding hydrogens is 488 g/mol. The summed E-state index contributed by atoms with van der Waals surface area (Å²) in [6.45, 7) is 6.61. The van der Waals surface area contributed by atoms with E-state index in [2.05, 4.69) is 10.6 Å². The van der Waals surface area contributed by atoms with Crippen LogP contribution in [0.2, 0.25) is 0 Å². The highest BCUT2D eigenvalue weighted by Crippen LogP contribution is 2.60. The van der Waals surface area contributed by atoms with Crippen LogP contribution in [0.5, 0.6) is 0 Å². The number of halogens is 1. The largest absolute Gasteiger partial charge is 0.388 e. The number of thiocarbonyl (C=S) groups is 1. The molecule has 13 heteroatoms. The second-order valence-corrected chi connectivity index (χ2v) is 11.8. The number of aliphatic hydroxyl groups is 3. The molecule has 3 aliphatic rings. The second kappa shape index (κ2) is 10.1. The molecular formula is C21H35FN3O7PS. The first-order valence-electron chi connectivity index (χ1n) is 11.5. The van der Waals surface area contributed by atoms with Crippen LogP contribution in [-0.2, 0) is 13.8 Å². The summed E-state index contributed by atoms with van der Waals surface area (Å²) in [7, 11) is -4.47. The van der Waals surface area contributed by atoms with E-state index in [1.54, 1.807) is 27.0 Å². The van der Waals surface area contributed by atoms with Crippen LogP contribution in [0.3, 0.4) is 0 Å². The van der Waals surface area contributed by atoms with Crippen LogP contribution in [0.15, 0.2) is 23.8 Å². The summed E-state index contributed by atoms with van der Waals surface area (Å²) in [5, 5.41) is 35.8. The van der Waals surface area contributed by atoms with Gasteiger partial charge in [0.2, 0.25) is 0 Å². The minimum Gasteiger partial charge on any atom is -0.388 e. The van der Waals surface area contributed by atoms with Crippen LogP contribution in [0, 0.1) is 0 Å². The molecule has 0 amide bonds. The fourth-order valence-electron chi connectivity index (χ4n) is 4.51. The summed E-state index contributed by atoms with van der Waals surface area (Å²) < 4.78 is 38.3. The van der Waals surface area contributed by atoms with Crippen molar-refractivity contribution in [1.82, 2.24) is 15.5 Å². The van der Waals surface area contributed by atoms with Crippen molar-refractivity contribution in [2.24, 2.45) is 0 Å². The topological polar surface area (TPSA) is 144 Å². The molecule has 0 aliphatic carbocycles. The third-order valence-electron chi connectivity index (χ3n) is 6.82. The summed E-state index contributed by atoms with van der Waals surface area (Å²) in [4.78, 5) is 12.0. The van der Waals surface area contributed by atoms with Gasteiger partial charge in [-0.2, -0.15) is 4.39 Å². The zero-order valence-electron chi connectivity index (χ0n) is 19.8. The predicted octanol–water partition coefficient (Wildman–Crippen LogP) is 1.91. The van der Waals surface area contributed by atoms with Crippen LogP contribution >= 0.6 is 19.8 Å². The molecule has 0 saturated carbocycles. The lowest BCUT2D eigenvalue weighted by Crippen LogP contribution is -2.56. The van der Waals surface area contributed by atoms with Crippen molar-refractivity contribution < 1.29 is 38.4 Å². The fourth-order valence-corrected chi connectivity index (χ4v) is 6.34. The van der Waals surface area contributed by atoms with Crippen LogP contribution in [0.25, 0.3) is 0 Å². The van der Waals surface area contributed by atoms with Crippen molar-refractivity contribution in [3.05, 3.63) is 23.8 Å². The lowest BCUT2D eigenvalue weighted by atomic mass is 9.88. The smallest absolute Gasteiger partial charge is 0.359 e. The van der Waals surface area contributed by atoms with Gasteiger partial charge in [-0.05, 0) is 44.5 Å². The molecule has 7 unspecified atom stereocenters. The molecule has 3 heterocycles. The van der Waals surface area contributed by atoms with E-state index in [1.165, 1.54) is 17.9 Å². The van der Waals surface area contributed by atoms with Crippen molar-refractivity contribution >= 4 is 24.9 Å². The van der Waals surface area contributed by atoms with Crippen LogP contribution < -0.4 is 10.6 Å². The van der Waals surface area contributed by atoms with Crippen LogP contribution in [0.1, 0.15) is 59.8 Å². The molecule has 34 heavy (non-hydrogen) atoms. The Kier molecular flexibility index (Phi) is 8.16. The number of hydrogen-bond donors (Lipinski definition) is 6. The zero-order chi connectivity index (χ0) is 25.5. The number of hydrogen-bond acceptors (Lipinski definition) is 8. The molecule has 3 rings (SSSR count). The maximum absolute atomic E-state index is 13.6. The Morgan fingerprint density at radius 1 is 1.26 bits per heavy atom. The highest BCUT2D eigenvalue weighted by atomic mass is 32.1. The van der Waals surface area contributed by atoms with E-state index in [0.29, 0.717) is 24.8 Å². The quantitative estimate of drug-likeness (QED) is 0.142. The van der Waals surface area contributed by atoms with Crippen LogP contribution in [-0.4, -0.2) is 71.9 Å². The van der Waals surface area contributed by atoms with Gasteiger partial charge in [0.25, 0.3) is 0 Å². The molecule has 1 saturated heterocycles. The SMILES string of the molecule is CCCC(C)(O)P(=O)(O)OC(CC)(CC)CC1OC(N2C=C3C=C(F)NC3NC2=S)C(O)C1O. The Morgan fingerprint density at radius 3 is 2.50 bits per heavy atom. The van der Waals surface area contributed by atoms with E-state index in [-0.39, 0.29) is 18.0 Å². The maximum Gasteiger partial charge on any atom is 0.359 e. The van der Waals surface area contributed by atoms with Gasteiger partial charge in [0.15, 0.2) is 22.6 Å². The van der Waals surface area contributed by atoms with E-state index in [0.717, 1.165) is 0 Å². The Morgan fingerprint density at radius 2 is 1.91 bits per heavy atom. The standard InChI is InChI=1S/C21H35FN3O7PS/c1-5-8-20(4,28)33(29,30)32-21(6-2,7-3)10-13-15(26)16(27)18(31-13)25-11-12-9-14(22)23-17(12)24-19(25)34/h9,11,13,15-18,23,26-28H,5-8,10H2,1-4H3,(H,24,34)(H,29,30).